The molecule has 0 fully saturated rings. The van der Waals surface area contributed by atoms with Crippen LogP contribution in [0.2, 0.25) is 0 Å². The molecule has 50 heavy (non-hydrogen) atoms. The molecule has 262 valence electrons. The van der Waals surface area contributed by atoms with Crippen molar-refractivity contribution >= 4 is 49.3 Å². The Balaban J connectivity index is 1.46. The molecule has 4 aromatic carbocycles. The summed E-state index contributed by atoms with van der Waals surface area (Å²) in [7, 11) is -2.82. The first kappa shape index (κ1) is 36.8. The quantitative estimate of drug-likeness (QED) is 0.139. The standard InChI is InChI=1S/C38H42N4O6S2/c1-26(2)23-41(50(46,47)31-20-21-32-34(22-31)49-25-40-32)30(24-43)19-18-27-12-10-11-17-33(27)42(38(45)48-3)37(44)36(39)35(28-13-6-4-7-14-28)29-15-8-5-9-16-29/h4-17,20-22,25-26,30,35-36,43H,18-19,23-24,39H2,1-3H3/t30-,36-/m0/s1. The van der Waals surface area contributed by atoms with Crippen molar-refractivity contribution in [2.75, 3.05) is 25.2 Å². The van der Waals surface area contributed by atoms with Crippen LogP contribution in [0.3, 0.4) is 0 Å². The van der Waals surface area contributed by atoms with Crippen molar-refractivity contribution in [3.05, 3.63) is 125 Å². The van der Waals surface area contributed by atoms with Crippen molar-refractivity contribution in [1.29, 1.82) is 0 Å². The van der Waals surface area contributed by atoms with Gasteiger partial charge in [0.05, 0.1) is 46.1 Å². The van der Waals surface area contributed by atoms with Gasteiger partial charge < -0.3 is 15.6 Å². The Labute approximate surface area is 297 Å². The SMILES string of the molecule is COC(=O)N(C(=O)[C@@H](N)C(c1ccccc1)c1ccccc1)c1ccccc1CC[C@@H](CO)N(CC(C)C)S(=O)(=O)c1ccc2ncsc2c1. The summed E-state index contributed by atoms with van der Waals surface area (Å²) in [4.78, 5) is 33.1. The Kier molecular flexibility index (Phi) is 12.1. The number of imide groups is 1. The summed E-state index contributed by atoms with van der Waals surface area (Å²) in [6.45, 7) is 3.58. The number of thiazole rings is 1. The van der Waals surface area contributed by atoms with Crippen LogP contribution >= 0.6 is 11.3 Å². The molecule has 2 amide bonds. The number of aliphatic hydroxyl groups is 1. The van der Waals surface area contributed by atoms with Crippen LogP contribution in [-0.2, 0) is 26.0 Å². The van der Waals surface area contributed by atoms with E-state index in [9.17, 15) is 23.1 Å². The second-order valence-corrected chi connectivity index (χ2v) is 15.2. The normalized spacial score (nSPS) is 13.1. The molecule has 0 aliphatic carbocycles. The van der Waals surface area contributed by atoms with Gasteiger partial charge in [-0.2, -0.15) is 4.31 Å². The zero-order valence-corrected chi connectivity index (χ0v) is 29.9. The summed E-state index contributed by atoms with van der Waals surface area (Å²) in [6.07, 6.45) is -0.469. The fraction of sp³-hybridized carbons (Fsp3) is 0.289. The molecule has 2 atom stereocenters. The van der Waals surface area contributed by atoms with Crippen LogP contribution in [0.5, 0.6) is 0 Å². The zero-order valence-electron chi connectivity index (χ0n) is 28.3. The molecule has 5 aromatic rings. The molecule has 10 nitrogen and oxygen atoms in total. The lowest BCUT2D eigenvalue weighted by Crippen LogP contribution is -2.50. The Hall–Kier alpha value is -4.46. The second kappa shape index (κ2) is 16.5. The lowest BCUT2D eigenvalue weighted by molar-refractivity contribution is -0.119. The zero-order chi connectivity index (χ0) is 35.8. The van der Waals surface area contributed by atoms with Gasteiger partial charge in [-0.3, -0.25) is 4.79 Å². The number of para-hydroxylation sites is 1. The first-order valence-corrected chi connectivity index (χ1v) is 18.7. The molecule has 0 aliphatic heterocycles. The van der Waals surface area contributed by atoms with E-state index in [1.165, 1.54) is 28.8 Å². The Morgan fingerprint density at radius 1 is 0.920 bits per heavy atom. The van der Waals surface area contributed by atoms with Crippen LogP contribution in [0.1, 0.15) is 42.9 Å². The average Bonchev–Trinajstić information content (AvgIpc) is 3.61. The number of methoxy groups -OCH3 is 1. The van der Waals surface area contributed by atoms with Crippen molar-refractivity contribution in [2.24, 2.45) is 11.7 Å². The molecule has 0 bridgehead atoms. The van der Waals surface area contributed by atoms with Gasteiger partial charge in [0.2, 0.25) is 10.0 Å². The molecule has 0 aliphatic rings. The average molecular weight is 715 g/mol. The number of ether oxygens (including phenoxy) is 1. The molecule has 3 N–H and O–H groups in total. The largest absolute Gasteiger partial charge is 0.452 e. The maximum Gasteiger partial charge on any atom is 0.420 e. The summed E-state index contributed by atoms with van der Waals surface area (Å²) in [5, 5.41) is 10.6. The van der Waals surface area contributed by atoms with E-state index in [4.69, 9.17) is 10.5 Å². The van der Waals surface area contributed by atoms with Crippen LogP contribution in [0.15, 0.2) is 114 Å². The van der Waals surface area contributed by atoms with Crippen molar-refractivity contribution in [1.82, 2.24) is 9.29 Å². The van der Waals surface area contributed by atoms with E-state index in [-0.39, 0.29) is 35.9 Å². The summed E-state index contributed by atoms with van der Waals surface area (Å²) < 4.78 is 35.4. The summed E-state index contributed by atoms with van der Waals surface area (Å²) in [6, 6.07) is 28.5. The van der Waals surface area contributed by atoms with E-state index in [1.807, 2.05) is 74.5 Å². The Morgan fingerprint density at radius 2 is 1.54 bits per heavy atom. The monoisotopic (exact) mass is 714 g/mol. The van der Waals surface area contributed by atoms with Crippen molar-refractivity contribution < 1.29 is 27.9 Å². The van der Waals surface area contributed by atoms with Gasteiger partial charge in [0.1, 0.15) is 0 Å². The summed E-state index contributed by atoms with van der Waals surface area (Å²) >= 11 is 1.35. The minimum Gasteiger partial charge on any atom is -0.452 e. The molecule has 0 unspecified atom stereocenters. The van der Waals surface area contributed by atoms with Gasteiger partial charge >= 0.3 is 6.09 Å². The fourth-order valence-electron chi connectivity index (χ4n) is 6.14. The molecule has 1 heterocycles. The van der Waals surface area contributed by atoms with Crippen molar-refractivity contribution in [3.8, 4) is 0 Å². The lowest BCUT2D eigenvalue weighted by Gasteiger charge is -2.32. The van der Waals surface area contributed by atoms with Gasteiger partial charge in [-0.1, -0.05) is 92.7 Å². The minimum atomic E-state index is -4.01. The number of amides is 2. The maximum absolute atomic E-state index is 14.3. The summed E-state index contributed by atoms with van der Waals surface area (Å²) in [5.41, 5.74) is 11.6. The summed E-state index contributed by atoms with van der Waals surface area (Å²) in [5.74, 6) is -1.26. The number of fused-ring (bicyclic) bond motifs is 1. The van der Waals surface area contributed by atoms with E-state index in [0.717, 1.165) is 20.7 Å². The number of carbonyl (C=O) groups is 2. The van der Waals surface area contributed by atoms with Gasteiger partial charge in [-0.25, -0.2) is 23.1 Å². The van der Waals surface area contributed by atoms with Crippen LogP contribution in [-0.4, -0.2) is 67.2 Å². The van der Waals surface area contributed by atoms with Crippen LogP contribution < -0.4 is 10.6 Å². The van der Waals surface area contributed by atoms with Crippen molar-refractivity contribution in [3.63, 3.8) is 0 Å². The lowest BCUT2D eigenvalue weighted by atomic mass is 9.84. The smallest absolute Gasteiger partial charge is 0.420 e. The molecule has 5 rings (SSSR count). The third-order valence-corrected chi connectivity index (χ3v) is 11.3. The van der Waals surface area contributed by atoms with Gasteiger partial charge in [0.15, 0.2) is 0 Å². The van der Waals surface area contributed by atoms with E-state index >= 15 is 0 Å². The highest BCUT2D eigenvalue weighted by atomic mass is 32.2. The fourth-order valence-corrected chi connectivity index (χ4v) is 8.77. The molecule has 1 aromatic heterocycles. The van der Waals surface area contributed by atoms with Gasteiger partial charge in [-0.15, -0.1) is 11.3 Å². The number of aliphatic hydroxyl groups excluding tert-OH is 1. The molecule has 12 heteroatoms. The third-order valence-electron chi connectivity index (χ3n) is 8.59. The van der Waals surface area contributed by atoms with Crippen LogP contribution in [0.4, 0.5) is 10.5 Å². The number of nitrogens with zero attached hydrogens (tertiary/aromatic N) is 3. The molecular weight excluding hydrogens is 673 g/mol. The van der Waals surface area contributed by atoms with Crippen LogP contribution in [0.25, 0.3) is 10.2 Å². The molecule has 0 saturated heterocycles. The molecule has 0 spiro atoms. The van der Waals surface area contributed by atoms with E-state index in [1.54, 1.807) is 41.9 Å². The third kappa shape index (κ3) is 8.11. The maximum atomic E-state index is 14.3. The number of aromatic nitrogens is 1. The number of aryl methyl sites for hydroxylation is 1. The van der Waals surface area contributed by atoms with Crippen LogP contribution in [0, 0.1) is 5.92 Å². The predicted molar refractivity (Wildman–Crippen MR) is 197 cm³/mol. The Bertz CT molecular complexity index is 1960. The number of rotatable bonds is 14. The molecule has 0 saturated carbocycles. The number of sulfonamides is 1. The predicted octanol–water partition coefficient (Wildman–Crippen LogP) is 6.20. The van der Waals surface area contributed by atoms with Crippen molar-refractivity contribution in [2.45, 2.75) is 49.6 Å². The number of benzene rings is 4. The number of carbonyl (C=O) groups excluding carboxylic acids is 2. The van der Waals surface area contributed by atoms with Gasteiger partial charge in [0.25, 0.3) is 5.91 Å². The highest BCUT2D eigenvalue weighted by molar-refractivity contribution is 7.89. The van der Waals surface area contributed by atoms with E-state index < -0.39 is 46.6 Å². The Morgan fingerprint density at radius 3 is 2.14 bits per heavy atom. The van der Waals surface area contributed by atoms with E-state index in [0.29, 0.717) is 11.1 Å². The van der Waals surface area contributed by atoms with Gasteiger partial charge in [0, 0.05) is 18.5 Å². The first-order valence-electron chi connectivity index (χ1n) is 16.4. The molecular formula is C38H42N4O6S2. The molecule has 0 radical (unpaired) electrons. The van der Waals surface area contributed by atoms with E-state index in [2.05, 4.69) is 4.98 Å². The second-order valence-electron chi connectivity index (χ2n) is 12.4. The number of nitrogens with two attached hydrogens (primary N) is 1. The number of hydrogen-bond donors (Lipinski definition) is 2. The first-order chi connectivity index (χ1) is 24.1. The number of hydrogen-bond acceptors (Lipinski definition) is 9. The minimum absolute atomic E-state index is 0.0330. The van der Waals surface area contributed by atoms with Gasteiger partial charge in [-0.05, 0) is 59.7 Å². The highest BCUT2D eigenvalue weighted by Gasteiger charge is 2.37. The highest BCUT2D eigenvalue weighted by Crippen LogP contribution is 2.32. The number of anilines is 1. The topological polar surface area (TPSA) is 143 Å².